The number of carbonyl (C=O) groups is 2. The summed E-state index contributed by atoms with van der Waals surface area (Å²) in [6.45, 7) is 4.44. The topological polar surface area (TPSA) is 81.4 Å². The molecule has 27 heavy (non-hydrogen) atoms. The van der Waals surface area contributed by atoms with Gasteiger partial charge in [0.25, 0.3) is 0 Å². The minimum atomic E-state index is -0.341. The highest BCUT2D eigenvalue weighted by atomic mass is 32.2. The molecular weight excluding hydrogens is 360 g/mol. The SMILES string of the molecule is CCCCOC(=O)c1ccc(NC(=O)C(CC)Sc2ccc(N)cc2)cc1. The van der Waals surface area contributed by atoms with Crippen molar-refractivity contribution >= 4 is 35.0 Å². The molecule has 0 heterocycles. The molecule has 5 nitrogen and oxygen atoms in total. The molecule has 144 valence electrons. The van der Waals surface area contributed by atoms with E-state index in [-0.39, 0.29) is 17.1 Å². The van der Waals surface area contributed by atoms with Crippen molar-refractivity contribution in [3.05, 3.63) is 54.1 Å². The Hall–Kier alpha value is -2.47. The van der Waals surface area contributed by atoms with Gasteiger partial charge < -0.3 is 15.8 Å². The van der Waals surface area contributed by atoms with Gasteiger partial charge in [-0.3, -0.25) is 4.79 Å². The van der Waals surface area contributed by atoms with E-state index >= 15 is 0 Å². The van der Waals surface area contributed by atoms with Crippen LogP contribution < -0.4 is 11.1 Å². The van der Waals surface area contributed by atoms with Crippen LogP contribution in [0.2, 0.25) is 0 Å². The Labute approximate surface area is 164 Å². The van der Waals surface area contributed by atoms with E-state index in [1.54, 1.807) is 24.3 Å². The minimum absolute atomic E-state index is 0.0717. The minimum Gasteiger partial charge on any atom is -0.462 e. The van der Waals surface area contributed by atoms with Crippen LogP contribution >= 0.6 is 11.8 Å². The van der Waals surface area contributed by atoms with Gasteiger partial charge in [-0.15, -0.1) is 11.8 Å². The molecule has 0 saturated heterocycles. The predicted molar refractivity (Wildman–Crippen MR) is 111 cm³/mol. The van der Waals surface area contributed by atoms with Crippen LogP contribution in [0.3, 0.4) is 0 Å². The number of thioether (sulfide) groups is 1. The number of ether oxygens (including phenoxy) is 1. The van der Waals surface area contributed by atoms with Gasteiger partial charge in [0, 0.05) is 16.3 Å². The first-order valence-corrected chi connectivity index (χ1v) is 10.0. The zero-order chi connectivity index (χ0) is 19.6. The molecule has 0 aliphatic rings. The summed E-state index contributed by atoms with van der Waals surface area (Å²) < 4.78 is 5.18. The molecule has 1 amide bonds. The van der Waals surface area contributed by atoms with Crippen LogP contribution in [0.15, 0.2) is 53.4 Å². The molecule has 0 fully saturated rings. The maximum absolute atomic E-state index is 12.6. The summed E-state index contributed by atoms with van der Waals surface area (Å²) in [5.41, 5.74) is 7.53. The normalized spacial score (nSPS) is 11.6. The fourth-order valence-corrected chi connectivity index (χ4v) is 3.29. The number of nitrogens with one attached hydrogen (secondary N) is 1. The van der Waals surface area contributed by atoms with Crippen LogP contribution in [-0.4, -0.2) is 23.7 Å². The fourth-order valence-electron chi connectivity index (χ4n) is 2.34. The molecule has 2 rings (SSSR count). The molecule has 6 heteroatoms. The van der Waals surface area contributed by atoms with Gasteiger partial charge in [-0.05, 0) is 61.4 Å². The number of hydrogen-bond donors (Lipinski definition) is 2. The van der Waals surface area contributed by atoms with Gasteiger partial charge in [0.2, 0.25) is 5.91 Å². The van der Waals surface area contributed by atoms with Gasteiger partial charge in [-0.1, -0.05) is 20.3 Å². The summed E-state index contributed by atoms with van der Waals surface area (Å²) in [7, 11) is 0. The Kier molecular flexibility index (Phi) is 8.20. The highest BCUT2D eigenvalue weighted by molar-refractivity contribution is 8.00. The van der Waals surface area contributed by atoms with Crippen LogP contribution in [0, 0.1) is 0 Å². The van der Waals surface area contributed by atoms with Gasteiger partial charge in [-0.2, -0.15) is 0 Å². The van der Waals surface area contributed by atoms with E-state index in [1.807, 2.05) is 38.1 Å². The second kappa shape index (κ2) is 10.6. The molecule has 0 aliphatic heterocycles. The lowest BCUT2D eigenvalue weighted by Crippen LogP contribution is -2.24. The van der Waals surface area contributed by atoms with E-state index in [1.165, 1.54) is 11.8 Å². The summed E-state index contributed by atoms with van der Waals surface area (Å²) in [5.74, 6) is -0.413. The number of nitrogens with two attached hydrogens (primary N) is 1. The standard InChI is InChI=1S/C21H26N2O3S/c1-3-5-14-26-21(25)15-6-10-17(11-7-15)23-20(24)19(4-2)27-18-12-8-16(22)9-13-18/h6-13,19H,3-5,14,22H2,1-2H3,(H,23,24). The third kappa shape index (κ3) is 6.64. The average molecular weight is 387 g/mol. The van der Waals surface area contributed by atoms with Crippen molar-refractivity contribution in [1.82, 2.24) is 0 Å². The Balaban J connectivity index is 1.93. The van der Waals surface area contributed by atoms with Crippen molar-refractivity contribution in [3.8, 4) is 0 Å². The van der Waals surface area contributed by atoms with Crippen molar-refractivity contribution in [1.29, 1.82) is 0 Å². The summed E-state index contributed by atoms with van der Waals surface area (Å²) in [5, 5.41) is 2.69. The zero-order valence-corrected chi connectivity index (χ0v) is 16.6. The van der Waals surface area contributed by atoms with Crippen molar-refractivity contribution in [2.75, 3.05) is 17.7 Å². The zero-order valence-electron chi connectivity index (χ0n) is 15.7. The van der Waals surface area contributed by atoms with E-state index in [0.29, 0.717) is 30.0 Å². The van der Waals surface area contributed by atoms with E-state index in [2.05, 4.69) is 5.32 Å². The van der Waals surface area contributed by atoms with Crippen molar-refractivity contribution < 1.29 is 14.3 Å². The lowest BCUT2D eigenvalue weighted by Gasteiger charge is -2.15. The number of benzene rings is 2. The van der Waals surface area contributed by atoms with Crippen molar-refractivity contribution in [2.45, 2.75) is 43.3 Å². The van der Waals surface area contributed by atoms with Gasteiger partial charge in [0.05, 0.1) is 17.4 Å². The first-order chi connectivity index (χ1) is 13.0. The first kappa shape index (κ1) is 20.8. The Morgan fingerprint density at radius 1 is 1.07 bits per heavy atom. The quantitative estimate of drug-likeness (QED) is 0.282. The summed E-state index contributed by atoms with van der Waals surface area (Å²) >= 11 is 1.50. The fraction of sp³-hybridized carbons (Fsp3) is 0.333. The number of unbranched alkanes of at least 4 members (excludes halogenated alkanes) is 1. The number of carbonyl (C=O) groups excluding carboxylic acids is 2. The molecule has 1 atom stereocenters. The van der Waals surface area contributed by atoms with E-state index < -0.39 is 0 Å². The second-order valence-electron chi connectivity index (χ2n) is 6.14. The third-order valence-corrected chi connectivity index (χ3v) is 5.32. The number of anilines is 2. The molecule has 2 aromatic rings. The van der Waals surface area contributed by atoms with Gasteiger partial charge in [-0.25, -0.2) is 4.79 Å². The van der Waals surface area contributed by atoms with E-state index in [4.69, 9.17) is 10.5 Å². The van der Waals surface area contributed by atoms with Gasteiger partial charge in [0.1, 0.15) is 0 Å². The van der Waals surface area contributed by atoms with Crippen LogP contribution in [0.1, 0.15) is 43.5 Å². The molecule has 0 radical (unpaired) electrons. The molecule has 0 aromatic heterocycles. The van der Waals surface area contributed by atoms with Crippen LogP contribution in [0.25, 0.3) is 0 Å². The highest BCUT2D eigenvalue weighted by Crippen LogP contribution is 2.27. The number of amides is 1. The Morgan fingerprint density at radius 3 is 2.33 bits per heavy atom. The maximum Gasteiger partial charge on any atom is 0.338 e. The molecule has 0 saturated carbocycles. The largest absolute Gasteiger partial charge is 0.462 e. The summed E-state index contributed by atoms with van der Waals surface area (Å²) in [6.07, 6.45) is 2.53. The van der Waals surface area contributed by atoms with Crippen molar-refractivity contribution in [3.63, 3.8) is 0 Å². The Bertz CT molecular complexity index is 745. The first-order valence-electron chi connectivity index (χ1n) is 9.13. The van der Waals surface area contributed by atoms with Crippen LogP contribution in [0.5, 0.6) is 0 Å². The average Bonchev–Trinajstić information content (AvgIpc) is 2.68. The van der Waals surface area contributed by atoms with Crippen LogP contribution in [-0.2, 0) is 9.53 Å². The molecule has 0 spiro atoms. The van der Waals surface area contributed by atoms with Crippen LogP contribution in [0.4, 0.5) is 11.4 Å². The second-order valence-corrected chi connectivity index (χ2v) is 7.42. The molecule has 0 aliphatic carbocycles. The number of rotatable bonds is 9. The molecule has 1 unspecified atom stereocenters. The Morgan fingerprint density at radius 2 is 1.74 bits per heavy atom. The van der Waals surface area contributed by atoms with E-state index in [0.717, 1.165) is 17.7 Å². The number of nitrogen functional groups attached to an aromatic ring is 1. The third-order valence-electron chi connectivity index (χ3n) is 3.94. The lowest BCUT2D eigenvalue weighted by molar-refractivity contribution is -0.115. The smallest absolute Gasteiger partial charge is 0.338 e. The summed E-state index contributed by atoms with van der Waals surface area (Å²) in [4.78, 5) is 25.5. The maximum atomic E-state index is 12.6. The molecule has 3 N–H and O–H groups in total. The lowest BCUT2D eigenvalue weighted by atomic mass is 10.2. The number of esters is 1. The predicted octanol–water partition coefficient (Wildman–Crippen LogP) is 4.74. The van der Waals surface area contributed by atoms with E-state index in [9.17, 15) is 9.59 Å². The highest BCUT2D eigenvalue weighted by Gasteiger charge is 2.18. The van der Waals surface area contributed by atoms with Crippen molar-refractivity contribution in [2.24, 2.45) is 0 Å². The van der Waals surface area contributed by atoms with Gasteiger partial charge in [0.15, 0.2) is 0 Å². The molecular formula is C21H26N2O3S. The summed E-state index contributed by atoms with van der Waals surface area (Å²) in [6, 6.07) is 14.2. The van der Waals surface area contributed by atoms with Gasteiger partial charge >= 0.3 is 5.97 Å². The monoisotopic (exact) mass is 386 g/mol. The molecule has 0 bridgehead atoms. The number of hydrogen-bond acceptors (Lipinski definition) is 5. The molecule has 2 aromatic carbocycles.